The molecule has 0 aromatic heterocycles. The van der Waals surface area contributed by atoms with Crippen molar-refractivity contribution in [3.05, 3.63) is 35.4 Å². The Morgan fingerprint density at radius 3 is 2.69 bits per heavy atom. The van der Waals surface area contributed by atoms with Crippen LogP contribution in [-0.4, -0.2) is 24.2 Å². The van der Waals surface area contributed by atoms with Gasteiger partial charge in [0.15, 0.2) is 0 Å². The van der Waals surface area contributed by atoms with Gasteiger partial charge in [0.2, 0.25) is 0 Å². The molecule has 0 aliphatic heterocycles. The average molecular weight is 229 g/mol. The van der Waals surface area contributed by atoms with Crippen LogP contribution in [0.3, 0.4) is 0 Å². The molecule has 0 amide bonds. The molecule has 90 valence electrons. The lowest BCUT2D eigenvalue weighted by molar-refractivity contribution is -0.0490. The molecule has 1 atom stereocenters. The highest BCUT2D eigenvalue weighted by atomic mass is 19.3. The van der Waals surface area contributed by atoms with Crippen molar-refractivity contribution in [1.29, 1.82) is 0 Å². The molecule has 0 radical (unpaired) electrons. The standard InChI is InChI=1S/C12H17F2NO/c1-9-4-3-5-11(6-9)10(2)15-7-12(13,14)8-16/h3-6,10,15-16H,7-8H2,1-2H3. The van der Waals surface area contributed by atoms with Gasteiger partial charge in [-0.1, -0.05) is 29.8 Å². The van der Waals surface area contributed by atoms with E-state index < -0.39 is 19.1 Å². The zero-order valence-electron chi connectivity index (χ0n) is 9.50. The van der Waals surface area contributed by atoms with Crippen LogP contribution in [0.2, 0.25) is 0 Å². The van der Waals surface area contributed by atoms with Gasteiger partial charge in [-0.3, -0.25) is 0 Å². The van der Waals surface area contributed by atoms with Gasteiger partial charge in [0.25, 0.3) is 5.92 Å². The van der Waals surface area contributed by atoms with Crippen molar-refractivity contribution in [3.63, 3.8) is 0 Å². The van der Waals surface area contributed by atoms with Crippen LogP contribution in [0.15, 0.2) is 24.3 Å². The normalized spacial score (nSPS) is 13.8. The summed E-state index contributed by atoms with van der Waals surface area (Å²) in [6, 6.07) is 7.54. The largest absolute Gasteiger partial charge is 0.390 e. The molecular weight excluding hydrogens is 212 g/mol. The number of halogens is 2. The lowest BCUT2D eigenvalue weighted by atomic mass is 10.1. The Morgan fingerprint density at radius 1 is 1.44 bits per heavy atom. The van der Waals surface area contributed by atoms with Crippen molar-refractivity contribution >= 4 is 0 Å². The van der Waals surface area contributed by atoms with Crippen LogP contribution in [0.5, 0.6) is 0 Å². The number of rotatable bonds is 5. The lowest BCUT2D eigenvalue weighted by Gasteiger charge is -2.19. The molecule has 0 saturated heterocycles. The molecule has 0 aliphatic carbocycles. The topological polar surface area (TPSA) is 32.3 Å². The number of hydrogen-bond donors (Lipinski definition) is 2. The van der Waals surface area contributed by atoms with E-state index in [0.29, 0.717) is 0 Å². The van der Waals surface area contributed by atoms with Gasteiger partial charge in [-0.2, -0.15) is 0 Å². The first kappa shape index (κ1) is 13.1. The Hall–Kier alpha value is -1.00. The molecular formula is C12H17F2NO. The average Bonchev–Trinajstić information content (AvgIpc) is 2.26. The van der Waals surface area contributed by atoms with Gasteiger partial charge in [0, 0.05) is 6.04 Å². The summed E-state index contributed by atoms with van der Waals surface area (Å²) in [5, 5.41) is 11.1. The zero-order valence-corrected chi connectivity index (χ0v) is 9.50. The Labute approximate surface area is 94.3 Å². The van der Waals surface area contributed by atoms with E-state index in [4.69, 9.17) is 5.11 Å². The van der Waals surface area contributed by atoms with E-state index in [1.165, 1.54) is 0 Å². The molecule has 2 N–H and O–H groups in total. The highest BCUT2D eigenvalue weighted by Crippen LogP contribution is 2.16. The van der Waals surface area contributed by atoms with E-state index in [0.717, 1.165) is 11.1 Å². The molecule has 0 aliphatic rings. The summed E-state index contributed by atoms with van der Waals surface area (Å²) in [5.74, 6) is -3.06. The molecule has 1 rings (SSSR count). The van der Waals surface area contributed by atoms with Gasteiger partial charge in [-0.05, 0) is 19.4 Å². The smallest absolute Gasteiger partial charge is 0.282 e. The number of aliphatic hydroxyl groups excluding tert-OH is 1. The van der Waals surface area contributed by atoms with Crippen molar-refractivity contribution in [2.24, 2.45) is 0 Å². The van der Waals surface area contributed by atoms with Gasteiger partial charge in [0.05, 0.1) is 6.54 Å². The summed E-state index contributed by atoms with van der Waals surface area (Å²) in [4.78, 5) is 0. The number of aryl methyl sites for hydroxylation is 1. The minimum absolute atomic E-state index is 0.155. The molecule has 0 fully saturated rings. The van der Waals surface area contributed by atoms with Crippen LogP contribution in [0.4, 0.5) is 8.78 Å². The monoisotopic (exact) mass is 229 g/mol. The first-order chi connectivity index (χ1) is 7.44. The SMILES string of the molecule is Cc1cccc(C(C)NCC(F)(F)CO)c1. The van der Waals surface area contributed by atoms with Crippen molar-refractivity contribution in [2.45, 2.75) is 25.8 Å². The molecule has 0 saturated carbocycles. The maximum absolute atomic E-state index is 12.8. The van der Waals surface area contributed by atoms with Crippen LogP contribution in [0, 0.1) is 6.92 Å². The van der Waals surface area contributed by atoms with Gasteiger partial charge in [-0.25, -0.2) is 8.78 Å². The lowest BCUT2D eigenvalue weighted by Crippen LogP contribution is -2.37. The van der Waals surface area contributed by atoms with Crippen LogP contribution < -0.4 is 5.32 Å². The fraction of sp³-hybridized carbons (Fsp3) is 0.500. The Morgan fingerprint density at radius 2 is 2.12 bits per heavy atom. The molecule has 1 aromatic carbocycles. The van der Waals surface area contributed by atoms with Crippen LogP contribution in [0.25, 0.3) is 0 Å². The summed E-state index contributed by atoms with van der Waals surface area (Å²) in [6.07, 6.45) is 0. The number of hydrogen-bond acceptors (Lipinski definition) is 2. The van der Waals surface area contributed by atoms with Gasteiger partial charge >= 0.3 is 0 Å². The molecule has 0 spiro atoms. The minimum Gasteiger partial charge on any atom is -0.390 e. The number of aliphatic hydroxyl groups is 1. The number of alkyl halides is 2. The van der Waals surface area contributed by atoms with E-state index in [1.807, 2.05) is 38.1 Å². The molecule has 2 nitrogen and oxygen atoms in total. The highest BCUT2D eigenvalue weighted by Gasteiger charge is 2.27. The zero-order chi connectivity index (χ0) is 12.2. The predicted molar refractivity (Wildman–Crippen MR) is 59.6 cm³/mol. The van der Waals surface area contributed by atoms with Crippen molar-refractivity contribution < 1.29 is 13.9 Å². The van der Waals surface area contributed by atoms with E-state index >= 15 is 0 Å². The van der Waals surface area contributed by atoms with Gasteiger partial charge in [-0.15, -0.1) is 0 Å². The van der Waals surface area contributed by atoms with E-state index in [-0.39, 0.29) is 6.04 Å². The molecule has 0 heterocycles. The molecule has 1 aromatic rings. The fourth-order valence-electron chi connectivity index (χ4n) is 1.42. The second kappa shape index (κ2) is 5.37. The summed E-state index contributed by atoms with van der Waals surface area (Å²) in [7, 11) is 0. The van der Waals surface area contributed by atoms with Gasteiger partial charge in [0.1, 0.15) is 6.61 Å². The first-order valence-corrected chi connectivity index (χ1v) is 5.23. The quantitative estimate of drug-likeness (QED) is 0.811. The summed E-state index contributed by atoms with van der Waals surface area (Å²) in [6.45, 7) is 2.14. The third kappa shape index (κ3) is 3.87. The Kier molecular flexibility index (Phi) is 4.38. The van der Waals surface area contributed by atoms with Crippen LogP contribution in [-0.2, 0) is 0 Å². The number of benzene rings is 1. The van der Waals surface area contributed by atoms with Crippen molar-refractivity contribution in [3.8, 4) is 0 Å². The highest BCUT2D eigenvalue weighted by molar-refractivity contribution is 5.24. The number of nitrogens with one attached hydrogen (secondary N) is 1. The van der Waals surface area contributed by atoms with Crippen LogP contribution >= 0.6 is 0 Å². The predicted octanol–water partition coefficient (Wildman–Crippen LogP) is 2.27. The summed E-state index contributed by atoms with van der Waals surface area (Å²) < 4.78 is 25.6. The van der Waals surface area contributed by atoms with Gasteiger partial charge < -0.3 is 10.4 Å². The summed E-state index contributed by atoms with van der Waals surface area (Å²) in [5.41, 5.74) is 2.06. The van der Waals surface area contributed by atoms with Crippen LogP contribution in [0.1, 0.15) is 24.1 Å². The van der Waals surface area contributed by atoms with Crippen molar-refractivity contribution in [2.75, 3.05) is 13.2 Å². The minimum atomic E-state index is -3.06. The first-order valence-electron chi connectivity index (χ1n) is 5.23. The Bertz CT molecular complexity index is 342. The maximum atomic E-state index is 12.8. The van der Waals surface area contributed by atoms with E-state index in [1.54, 1.807) is 0 Å². The molecule has 1 unspecified atom stereocenters. The van der Waals surface area contributed by atoms with E-state index in [9.17, 15) is 8.78 Å². The molecule has 0 bridgehead atoms. The molecule has 4 heteroatoms. The third-order valence-electron chi connectivity index (χ3n) is 2.44. The second-order valence-corrected chi connectivity index (χ2v) is 4.03. The third-order valence-corrected chi connectivity index (χ3v) is 2.44. The summed E-state index contributed by atoms with van der Waals surface area (Å²) >= 11 is 0. The maximum Gasteiger partial charge on any atom is 0.282 e. The van der Waals surface area contributed by atoms with Crippen molar-refractivity contribution in [1.82, 2.24) is 5.32 Å². The Balaban J connectivity index is 2.56. The fourth-order valence-corrected chi connectivity index (χ4v) is 1.42. The van der Waals surface area contributed by atoms with E-state index in [2.05, 4.69) is 5.32 Å². The second-order valence-electron chi connectivity index (χ2n) is 4.03. The molecule has 16 heavy (non-hydrogen) atoms.